The van der Waals surface area contributed by atoms with E-state index in [4.69, 9.17) is 4.74 Å². The molecule has 0 aliphatic carbocycles. The summed E-state index contributed by atoms with van der Waals surface area (Å²) in [5, 5.41) is 17.8. The van der Waals surface area contributed by atoms with Gasteiger partial charge in [-0.15, -0.1) is 5.10 Å². The molecule has 0 aliphatic heterocycles. The molecule has 1 aromatic carbocycles. The zero-order valence-electron chi connectivity index (χ0n) is 11.6. The molecular weight excluding hydrogens is 276 g/mol. The van der Waals surface area contributed by atoms with Crippen molar-refractivity contribution in [1.29, 1.82) is 0 Å². The Bertz CT molecular complexity index is 726. The maximum absolute atomic E-state index is 11.8. The predicted molar refractivity (Wildman–Crippen MR) is 76.8 cm³/mol. The van der Waals surface area contributed by atoms with Crippen LogP contribution in [0.25, 0.3) is 0 Å². The molecule has 0 fully saturated rings. The van der Waals surface area contributed by atoms with Gasteiger partial charge < -0.3 is 10.1 Å². The van der Waals surface area contributed by atoms with Crippen LogP contribution in [0.1, 0.15) is 5.56 Å². The number of para-hydroxylation sites is 1. The van der Waals surface area contributed by atoms with Gasteiger partial charge in [-0.3, -0.25) is 14.9 Å². The van der Waals surface area contributed by atoms with Gasteiger partial charge in [0.1, 0.15) is 5.69 Å². The fraction of sp³-hybridized carbons (Fsp3) is 0.231. The van der Waals surface area contributed by atoms with E-state index in [1.165, 1.54) is 30.0 Å². The summed E-state index contributed by atoms with van der Waals surface area (Å²) < 4.78 is 6.16. The second-order valence-electron chi connectivity index (χ2n) is 4.19. The van der Waals surface area contributed by atoms with E-state index in [0.29, 0.717) is 17.1 Å². The van der Waals surface area contributed by atoms with Gasteiger partial charge in [0.25, 0.3) is 11.2 Å². The van der Waals surface area contributed by atoms with Gasteiger partial charge in [0, 0.05) is 30.8 Å². The smallest absolute Gasteiger partial charge is 0.292 e. The first-order valence-corrected chi connectivity index (χ1v) is 6.13. The van der Waals surface area contributed by atoms with Crippen LogP contribution in [0.2, 0.25) is 0 Å². The van der Waals surface area contributed by atoms with Gasteiger partial charge in [0.15, 0.2) is 0 Å². The Labute approximate surface area is 120 Å². The monoisotopic (exact) mass is 290 g/mol. The largest absolute Gasteiger partial charge is 0.480 e. The summed E-state index contributed by atoms with van der Waals surface area (Å²) in [6, 6.07) is 7.47. The van der Waals surface area contributed by atoms with Gasteiger partial charge in [-0.05, 0) is 0 Å². The second kappa shape index (κ2) is 6.04. The topological polar surface area (TPSA) is 99.3 Å². The molecular formula is C13H14N4O4. The second-order valence-corrected chi connectivity index (χ2v) is 4.19. The van der Waals surface area contributed by atoms with Crippen LogP contribution in [-0.2, 0) is 6.54 Å². The average Bonchev–Trinajstić information content (AvgIpc) is 2.49. The fourth-order valence-electron chi connectivity index (χ4n) is 1.97. The summed E-state index contributed by atoms with van der Waals surface area (Å²) in [4.78, 5) is 22.3. The van der Waals surface area contributed by atoms with Crippen molar-refractivity contribution in [2.75, 3.05) is 19.5 Å². The molecule has 110 valence electrons. The Kier molecular flexibility index (Phi) is 4.17. The van der Waals surface area contributed by atoms with Crippen molar-refractivity contribution in [2.45, 2.75) is 6.54 Å². The Morgan fingerprint density at radius 2 is 2.14 bits per heavy atom. The first-order valence-electron chi connectivity index (χ1n) is 6.13. The number of nitro groups is 1. The van der Waals surface area contributed by atoms with Crippen molar-refractivity contribution in [3.63, 3.8) is 0 Å². The number of ether oxygens (including phenoxy) is 1. The summed E-state index contributed by atoms with van der Waals surface area (Å²) in [5.41, 5.74) is 0.587. The molecule has 8 heteroatoms. The van der Waals surface area contributed by atoms with Crippen LogP contribution in [0, 0.1) is 10.1 Å². The normalized spacial score (nSPS) is 10.2. The maximum Gasteiger partial charge on any atom is 0.292 e. The lowest BCUT2D eigenvalue weighted by Gasteiger charge is -2.11. The van der Waals surface area contributed by atoms with Gasteiger partial charge in [-0.2, -0.15) is 0 Å². The third kappa shape index (κ3) is 2.99. The van der Waals surface area contributed by atoms with E-state index in [1.807, 2.05) is 0 Å². The summed E-state index contributed by atoms with van der Waals surface area (Å²) in [5.74, 6) is 0.297. The number of aromatic nitrogens is 2. The van der Waals surface area contributed by atoms with Crippen LogP contribution in [0.5, 0.6) is 5.88 Å². The van der Waals surface area contributed by atoms with Crippen LogP contribution in [-0.4, -0.2) is 28.9 Å². The lowest BCUT2D eigenvalue weighted by atomic mass is 10.1. The quantitative estimate of drug-likeness (QED) is 0.657. The van der Waals surface area contributed by atoms with E-state index in [1.54, 1.807) is 19.2 Å². The van der Waals surface area contributed by atoms with Gasteiger partial charge in [0.2, 0.25) is 5.88 Å². The number of anilines is 1. The highest BCUT2D eigenvalue weighted by atomic mass is 16.6. The molecule has 0 radical (unpaired) electrons. The first-order chi connectivity index (χ1) is 10.1. The molecule has 0 spiro atoms. The molecule has 0 saturated heterocycles. The Morgan fingerprint density at radius 3 is 2.76 bits per heavy atom. The zero-order chi connectivity index (χ0) is 15.4. The molecule has 0 aliphatic rings. The first kappa shape index (κ1) is 14.5. The standard InChI is InChI=1S/C13H14N4O4/c1-14-13-9(4-3-5-10(13)17(19)20)8-16-12(18)7-6-11(15-16)21-2/h3-7,14H,8H2,1-2H3. The van der Waals surface area contributed by atoms with Gasteiger partial charge in [-0.1, -0.05) is 12.1 Å². The highest BCUT2D eigenvalue weighted by Gasteiger charge is 2.16. The van der Waals surface area contributed by atoms with Crippen molar-refractivity contribution < 1.29 is 9.66 Å². The molecule has 1 N–H and O–H groups in total. The average molecular weight is 290 g/mol. The third-order valence-corrected chi connectivity index (χ3v) is 2.95. The molecule has 21 heavy (non-hydrogen) atoms. The minimum absolute atomic E-state index is 0.0501. The van der Waals surface area contributed by atoms with Crippen LogP contribution in [0.15, 0.2) is 35.1 Å². The number of nitrogens with one attached hydrogen (secondary N) is 1. The number of rotatable bonds is 5. The van der Waals surface area contributed by atoms with Gasteiger partial charge in [-0.25, -0.2) is 4.68 Å². The lowest BCUT2D eigenvalue weighted by Crippen LogP contribution is -2.23. The van der Waals surface area contributed by atoms with Crippen LogP contribution in [0.3, 0.4) is 0 Å². The van der Waals surface area contributed by atoms with E-state index in [-0.39, 0.29) is 17.8 Å². The van der Waals surface area contributed by atoms with Crippen molar-refractivity contribution in [3.05, 3.63) is 56.4 Å². The highest BCUT2D eigenvalue weighted by Crippen LogP contribution is 2.28. The van der Waals surface area contributed by atoms with Crippen LogP contribution in [0.4, 0.5) is 11.4 Å². The van der Waals surface area contributed by atoms with E-state index in [2.05, 4.69) is 10.4 Å². The Hall–Kier alpha value is -2.90. The summed E-state index contributed by atoms with van der Waals surface area (Å²) in [6.07, 6.45) is 0. The molecule has 2 aromatic rings. The van der Waals surface area contributed by atoms with Gasteiger partial charge in [0.05, 0.1) is 18.6 Å². The molecule has 0 amide bonds. The number of nitro benzene ring substituents is 1. The van der Waals surface area contributed by atoms with Crippen LogP contribution >= 0.6 is 0 Å². The Morgan fingerprint density at radius 1 is 1.38 bits per heavy atom. The van der Waals surface area contributed by atoms with E-state index in [0.717, 1.165) is 0 Å². The maximum atomic E-state index is 11.8. The minimum Gasteiger partial charge on any atom is -0.480 e. The van der Waals surface area contributed by atoms with Gasteiger partial charge >= 0.3 is 0 Å². The number of hydrogen-bond acceptors (Lipinski definition) is 6. The molecule has 0 unspecified atom stereocenters. The molecule has 0 bridgehead atoms. The predicted octanol–water partition coefficient (Wildman–Crippen LogP) is 1.25. The fourth-order valence-corrected chi connectivity index (χ4v) is 1.97. The number of nitrogens with zero attached hydrogens (tertiary/aromatic N) is 3. The van der Waals surface area contributed by atoms with Crippen molar-refractivity contribution in [1.82, 2.24) is 9.78 Å². The molecule has 2 rings (SSSR count). The van der Waals surface area contributed by atoms with E-state index < -0.39 is 4.92 Å². The van der Waals surface area contributed by atoms with Crippen molar-refractivity contribution >= 4 is 11.4 Å². The number of benzene rings is 1. The highest BCUT2D eigenvalue weighted by molar-refractivity contribution is 5.66. The molecule has 8 nitrogen and oxygen atoms in total. The summed E-state index contributed by atoms with van der Waals surface area (Å²) in [6.45, 7) is 0.105. The number of methoxy groups -OCH3 is 1. The van der Waals surface area contributed by atoms with Crippen LogP contribution < -0.4 is 15.6 Å². The molecule has 1 aromatic heterocycles. The van der Waals surface area contributed by atoms with E-state index >= 15 is 0 Å². The molecule has 0 saturated carbocycles. The summed E-state index contributed by atoms with van der Waals surface area (Å²) in [7, 11) is 3.04. The lowest BCUT2D eigenvalue weighted by molar-refractivity contribution is -0.384. The molecule has 1 heterocycles. The Balaban J connectivity index is 2.47. The SMILES string of the molecule is CNc1c(Cn2nc(OC)ccc2=O)cccc1[N+](=O)[O-]. The van der Waals surface area contributed by atoms with E-state index in [9.17, 15) is 14.9 Å². The summed E-state index contributed by atoms with van der Waals surface area (Å²) >= 11 is 0. The van der Waals surface area contributed by atoms with Crippen molar-refractivity contribution in [2.24, 2.45) is 0 Å². The number of hydrogen-bond donors (Lipinski definition) is 1. The third-order valence-electron chi connectivity index (χ3n) is 2.95. The zero-order valence-corrected chi connectivity index (χ0v) is 11.6. The molecule has 0 atom stereocenters. The van der Waals surface area contributed by atoms with Crippen molar-refractivity contribution in [3.8, 4) is 5.88 Å². The minimum atomic E-state index is -0.475.